The summed E-state index contributed by atoms with van der Waals surface area (Å²) >= 11 is 0. The van der Waals surface area contributed by atoms with E-state index in [1.54, 1.807) is 30.3 Å². The first-order valence-electron chi connectivity index (χ1n) is 6.42. The zero-order chi connectivity index (χ0) is 14.3. The predicted molar refractivity (Wildman–Crippen MR) is 75.8 cm³/mol. The molecular weight excluding hydrogens is 259 g/mol. The van der Waals surface area contributed by atoms with E-state index in [-0.39, 0.29) is 11.6 Å². The highest BCUT2D eigenvalue weighted by atomic mass is 19.1. The van der Waals surface area contributed by atoms with Crippen molar-refractivity contribution >= 4 is 28.2 Å². The third kappa shape index (κ3) is 1.93. The number of nitrogens with two attached hydrogens (primary N) is 1. The number of carbonyl (C=O) groups excluding carboxylic acids is 1. The van der Waals surface area contributed by atoms with Crippen LogP contribution < -0.4 is 11.1 Å². The van der Waals surface area contributed by atoms with Gasteiger partial charge in [-0.2, -0.15) is 0 Å². The number of nitrogen functional groups attached to an aromatic ring is 1. The molecule has 0 aliphatic carbocycles. The van der Waals surface area contributed by atoms with E-state index in [4.69, 9.17) is 5.73 Å². The van der Waals surface area contributed by atoms with Crippen molar-refractivity contribution in [1.29, 1.82) is 0 Å². The molecule has 104 valence electrons. The van der Waals surface area contributed by atoms with Gasteiger partial charge in [-0.15, -0.1) is 0 Å². The van der Waals surface area contributed by atoms with Gasteiger partial charge in [0, 0.05) is 30.9 Å². The number of hydrogen-bond donors (Lipinski definition) is 2. The van der Waals surface area contributed by atoms with Crippen LogP contribution in [-0.4, -0.2) is 35.4 Å². The second-order valence-electron chi connectivity index (χ2n) is 4.97. The fourth-order valence-corrected chi connectivity index (χ4v) is 2.50. The molecule has 20 heavy (non-hydrogen) atoms. The molecule has 1 aliphatic rings. The summed E-state index contributed by atoms with van der Waals surface area (Å²) in [6.45, 7) is 0.665. The Balaban J connectivity index is 2.05. The molecule has 0 spiro atoms. The average Bonchev–Trinajstić information content (AvgIpc) is 2.75. The molecule has 0 bridgehead atoms. The van der Waals surface area contributed by atoms with Crippen molar-refractivity contribution in [3.05, 3.63) is 30.2 Å². The van der Waals surface area contributed by atoms with Crippen LogP contribution in [0, 0.1) is 5.82 Å². The van der Waals surface area contributed by atoms with Gasteiger partial charge in [-0.05, 0) is 24.6 Å². The highest BCUT2D eigenvalue weighted by molar-refractivity contribution is 6.00. The quantitative estimate of drug-likeness (QED) is 0.816. The number of anilines is 2. The van der Waals surface area contributed by atoms with E-state index in [0.717, 1.165) is 0 Å². The van der Waals surface area contributed by atoms with E-state index in [2.05, 4.69) is 10.3 Å². The number of carbonyl (C=O) groups is 1. The maximum absolute atomic E-state index is 14.2. The van der Waals surface area contributed by atoms with Gasteiger partial charge in [-0.3, -0.25) is 9.78 Å². The number of aromatic nitrogens is 1. The fraction of sp³-hybridized carbons (Fsp3) is 0.286. The highest BCUT2D eigenvalue weighted by Crippen LogP contribution is 2.31. The lowest BCUT2D eigenvalue weighted by Crippen LogP contribution is -2.31. The monoisotopic (exact) mass is 274 g/mol. The van der Waals surface area contributed by atoms with Crippen LogP contribution in [0.3, 0.4) is 0 Å². The van der Waals surface area contributed by atoms with Gasteiger partial charge < -0.3 is 16.0 Å². The van der Waals surface area contributed by atoms with Crippen molar-refractivity contribution in [3.63, 3.8) is 0 Å². The topological polar surface area (TPSA) is 71.2 Å². The van der Waals surface area contributed by atoms with Crippen LogP contribution in [0.4, 0.5) is 15.8 Å². The third-order valence-corrected chi connectivity index (χ3v) is 3.62. The Morgan fingerprint density at radius 2 is 2.35 bits per heavy atom. The summed E-state index contributed by atoms with van der Waals surface area (Å²) in [7, 11) is 1.74. The number of likely N-dealkylation sites (tertiary alicyclic amines) is 1. The van der Waals surface area contributed by atoms with E-state index >= 15 is 0 Å². The van der Waals surface area contributed by atoms with Crippen molar-refractivity contribution in [3.8, 4) is 0 Å². The van der Waals surface area contributed by atoms with Gasteiger partial charge in [0.15, 0.2) is 5.82 Å². The molecule has 0 radical (unpaired) electrons. The minimum absolute atomic E-state index is 0.0368. The lowest BCUT2D eigenvalue weighted by Gasteiger charge is -2.16. The summed E-state index contributed by atoms with van der Waals surface area (Å²) in [6.07, 6.45) is 2.22. The number of nitrogens with one attached hydrogen (secondary N) is 1. The van der Waals surface area contributed by atoms with E-state index in [9.17, 15) is 9.18 Å². The van der Waals surface area contributed by atoms with Crippen LogP contribution in [0.15, 0.2) is 24.4 Å². The molecule has 0 saturated carbocycles. The number of benzene rings is 1. The van der Waals surface area contributed by atoms with Gasteiger partial charge in [0.2, 0.25) is 5.91 Å². The van der Waals surface area contributed by atoms with Gasteiger partial charge in [0.25, 0.3) is 0 Å². The third-order valence-electron chi connectivity index (χ3n) is 3.62. The molecule has 2 heterocycles. The Morgan fingerprint density at radius 3 is 3.05 bits per heavy atom. The number of fused-ring (bicyclic) bond motifs is 1. The summed E-state index contributed by atoms with van der Waals surface area (Å²) in [4.78, 5) is 17.7. The van der Waals surface area contributed by atoms with Gasteiger partial charge in [0.1, 0.15) is 6.04 Å². The number of hydrogen-bond acceptors (Lipinski definition) is 4. The van der Waals surface area contributed by atoms with Crippen LogP contribution in [0.25, 0.3) is 10.9 Å². The van der Waals surface area contributed by atoms with Gasteiger partial charge >= 0.3 is 0 Å². The molecule has 1 atom stereocenters. The number of nitrogens with zero attached hydrogens (tertiary/aromatic N) is 2. The average molecular weight is 274 g/mol. The summed E-state index contributed by atoms with van der Waals surface area (Å²) in [5, 5.41) is 3.65. The number of halogens is 1. The Hall–Kier alpha value is -2.37. The molecule has 1 amide bonds. The minimum Gasteiger partial charge on any atom is -0.398 e. The van der Waals surface area contributed by atoms with Crippen molar-refractivity contribution in [2.45, 2.75) is 12.5 Å². The minimum atomic E-state index is -0.490. The first-order chi connectivity index (χ1) is 9.58. The van der Waals surface area contributed by atoms with Crippen LogP contribution >= 0.6 is 0 Å². The van der Waals surface area contributed by atoms with Crippen LogP contribution in [0.1, 0.15) is 6.42 Å². The van der Waals surface area contributed by atoms with Crippen molar-refractivity contribution in [2.24, 2.45) is 0 Å². The Kier molecular flexibility index (Phi) is 2.93. The van der Waals surface area contributed by atoms with Crippen LogP contribution in [-0.2, 0) is 4.79 Å². The molecular formula is C14H15FN4O. The zero-order valence-corrected chi connectivity index (χ0v) is 11.1. The molecule has 3 rings (SSSR count). The maximum atomic E-state index is 14.2. The number of amides is 1. The summed E-state index contributed by atoms with van der Waals surface area (Å²) in [5.41, 5.74) is 6.83. The number of rotatable bonds is 2. The fourth-order valence-electron chi connectivity index (χ4n) is 2.50. The zero-order valence-electron chi connectivity index (χ0n) is 11.1. The molecule has 1 fully saturated rings. The van der Waals surface area contributed by atoms with E-state index < -0.39 is 11.9 Å². The summed E-state index contributed by atoms with van der Waals surface area (Å²) in [6, 6.07) is 4.37. The molecule has 6 heteroatoms. The molecule has 3 N–H and O–H groups in total. The molecule has 1 aliphatic heterocycles. The molecule has 1 aromatic carbocycles. The predicted octanol–water partition coefficient (Wildman–Crippen LogP) is 1.60. The van der Waals surface area contributed by atoms with E-state index in [1.807, 2.05) is 0 Å². The molecule has 1 unspecified atom stereocenters. The molecule has 1 aromatic heterocycles. The van der Waals surface area contributed by atoms with Crippen molar-refractivity contribution in [1.82, 2.24) is 9.88 Å². The maximum Gasteiger partial charge on any atom is 0.244 e. The van der Waals surface area contributed by atoms with Gasteiger partial charge in [0.05, 0.1) is 11.2 Å². The molecule has 5 nitrogen and oxygen atoms in total. The van der Waals surface area contributed by atoms with Crippen LogP contribution in [0.5, 0.6) is 0 Å². The summed E-state index contributed by atoms with van der Waals surface area (Å²) in [5.74, 6) is -0.527. The van der Waals surface area contributed by atoms with Crippen LogP contribution in [0.2, 0.25) is 0 Å². The second-order valence-corrected chi connectivity index (χ2v) is 4.97. The largest absolute Gasteiger partial charge is 0.398 e. The lowest BCUT2D eigenvalue weighted by atomic mass is 10.1. The first-order valence-corrected chi connectivity index (χ1v) is 6.42. The Labute approximate surface area is 115 Å². The lowest BCUT2D eigenvalue weighted by molar-refractivity contribution is -0.127. The second kappa shape index (κ2) is 4.63. The van der Waals surface area contributed by atoms with E-state index in [0.29, 0.717) is 29.6 Å². The van der Waals surface area contributed by atoms with Crippen molar-refractivity contribution in [2.75, 3.05) is 24.6 Å². The smallest absolute Gasteiger partial charge is 0.244 e. The Bertz CT molecular complexity index is 688. The molecule has 1 saturated heterocycles. The number of likely N-dealkylation sites (N-methyl/N-ethyl adjacent to an activating group) is 1. The first kappa shape index (κ1) is 12.7. The standard InChI is InChI=1S/C14H15FN4O/c1-19-6-4-11(14(19)20)18-13-9(15)7-10(16)8-3-2-5-17-12(8)13/h2-3,5,7,11,18H,4,6,16H2,1H3. The van der Waals surface area contributed by atoms with Crippen molar-refractivity contribution < 1.29 is 9.18 Å². The van der Waals surface area contributed by atoms with E-state index in [1.165, 1.54) is 6.07 Å². The normalized spacial score (nSPS) is 18.8. The Morgan fingerprint density at radius 1 is 1.55 bits per heavy atom. The van der Waals surface area contributed by atoms with Gasteiger partial charge in [-0.1, -0.05) is 0 Å². The summed E-state index contributed by atoms with van der Waals surface area (Å²) < 4.78 is 14.2. The van der Waals surface area contributed by atoms with Gasteiger partial charge in [-0.25, -0.2) is 4.39 Å². The molecule has 2 aromatic rings. The highest BCUT2D eigenvalue weighted by Gasteiger charge is 2.30. The SMILES string of the molecule is CN1CCC(Nc2c(F)cc(N)c3cccnc23)C1=O. The number of pyridine rings is 1.